The van der Waals surface area contributed by atoms with Crippen molar-refractivity contribution in [1.29, 1.82) is 0 Å². The van der Waals surface area contributed by atoms with Crippen molar-refractivity contribution in [3.63, 3.8) is 0 Å². The molecule has 0 spiro atoms. The van der Waals surface area contributed by atoms with Crippen LogP contribution in [0.5, 0.6) is 0 Å². The number of hydrogen-bond acceptors (Lipinski definition) is 4. The lowest BCUT2D eigenvalue weighted by Gasteiger charge is -2.21. The zero-order chi connectivity index (χ0) is 18.6. The van der Waals surface area contributed by atoms with Crippen molar-refractivity contribution in [2.45, 2.75) is 34.2 Å². The summed E-state index contributed by atoms with van der Waals surface area (Å²) in [5.41, 5.74) is 3.24. The third-order valence-electron chi connectivity index (χ3n) is 4.47. The molecule has 1 amide bonds. The number of nitrogens with zero attached hydrogens (tertiary/aromatic N) is 3. The van der Waals surface area contributed by atoms with Crippen molar-refractivity contribution in [1.82, 2.24) is 15.1 Å². The largest absolute Gasteiger partial charge is 0.372 e. The Hall–Kier alpha value is -2.63. The molecule has 134 valence electrons. The van der Waals surface area contributed by atoms with Gasteiger partial charge in [0.15, 0.2) is 0 Å². The zero-order valence-corrected chi connectivity index (χ0v) is 15.6. The summed E-state index contributed by atoms with van der Waals surface area (Å²) in [5.74, 6) is -0.364. The first kappa shape index (κ1) is 18.7. The van der Waals surface area contributed by atoms with Crippen LogP contribution in [0.1, 0.15) is 41.0 Å². The van der Waals surface area contributed by atoms with E-state index in [0.717, 1.165) is 24.3 Å². The van der Waals surface area contributed by atoms with Gasteiger partial charge in [-0.15, -0.1) is 0 Å². The van der Waals surface area contributed by atoms with Crippen LogP contribution in [0.4, 0.5) is 5.69 Å². The van der Waals surface area contributed by atoms with E-state index >= 15 is 0 Å². The van der Waals surface area contributed by atoms with Crippen LogP contribution in [0.25, 0.3) is 0 Å². The van der Waals surface area contributed by atoms with Crippen molar-refractivity contribution in [2.75, 3.05) is 18.0 Å². The number of amides is 1. The van der Waals surface area contributed by atoms with Gasteiger partial charge in [-0.2, -0.15) is 5.10 Å². The first-order valence-electron chi connectivity index (χ1n) is 8.55. The molecule has 0 saturated heterocycles. The lowest BCUT2D eigenvalue weighted by Crippen LogP contribution is -2.34. The van der Waals surface area contributed by atoms with Gasteiger partial charge in [-0.25, -0.2) is 4.68 Å². The minimum atomic E-state index is -0.377. The first-order chi connectivity index (χ1) is 11.9. The number of hydrogen-bond donors (Lipinski definition) is 1. The van der Waals surface area contributed by atoms with Crippen molar-refractivity contribution >= 4 is 11.6 Å². The molecule has 6 nitrogen and oxygen atoms in total. The number of nitrogens with one attached hydrogen (secondary N) is 1. The summed E-state index contributed by atoms with van der Waals surface area (Å²) in [6.45, 7) is 10.1. The Morgan fingerprint density at radius 3 is 2.32 bits per heavy atom. The molecule has 1 aromatic heterocycles. The van der Waals surface area contributed by atoms with Crippen LogP contribution >= 0.6 is 0 Å². The molecule has 1 N–H and O–H groups in total. The maximum atomic E-state index is 12.5. The second-order valence-corrected chi connectivity index (χ2v) is 6.04. The van der Waals surface area contributed by atoms with Gasteiger partial charge in [-0.05, 0) is 51.0 Å². The Bertz CT molecular complexity index is 805. The molecular formula is C19H26N4O2. The average Bonchev–Trinajstić information content (AvgIpc) is 2.60. The van der Waals surface area contributed by atoms with Gasteiger partial charge in [0.1, 0.15) is 5.56 Å². The highest BCUT2D eigenvalue weighted by Crippen LogP contribution is 2.15. The fourth-order valence-electron chi connectivity index (χ4n) is 2.80. The molecule has 0 radical (unpaired) electrons. The van der Waals surface area contributed by atoms with Crippen LogP contribution in [0, 0.1) is 13.8 Å². The van der Waals surface area contributed by atoms with Crippen molar-refractivity contribution in [2.24, 2.45) is 7.05 Å². The number of carbonyl (C=O) groups excluding carboxylic acids is 1. The molecule has 2 rings (SSSR count). The monoisotopic (exact) mass is 342 g/mol. The fraction of sp³-hybridized carbons (Fsp3) is 0.421. The topological polar surface area (TPSA) is 67.2 Å². The predicted molar refractivity (Wildman–Crippen MR) is 100 cm³/mol. The highest BCUT2D eigenvalue weighted by molar-refractivity contribution is 5.95. The van der Waals surface area contributed by atoms with E-state index in [4.69, 9.17) is 0 Å². The summed E-state index contributed by atoms with van der Waals surface area (Å²) in [4.78, 5) is 26.9. The molecule has 2 aromatic rings. The predicted octanol–water partition coefficient (Wildman–Crippen LogP) is 2.17. The number of rotatable bonds is 6. The minimum Gasteiger partial charge on any atom is -0.372 e. The maximum Gasteiger partial charge on any atom is 0.279 e. The Morgan fingerprint density at radius 1 is 1.16 bits per heavy atom. The summed E-state index contributed by atoms with van der Waals surface area (Å²) in [7, 11) is 1.55. The van der Waals surface area contributed by atoms with E-state index in [9.17, 15) is 9.59 Å². The fourth-order valence-corrected chi connectivity index (χ4v) is 2.80. The van der Waals surface area contributed by atoms with E-state index in [2.05, 4.69) is 41.3 Å². The molecule has 0 aliphatic rings. The lowest BCUT2D eigenvalue weighted by molar-refractivity contribution is 0.0947. The summed E-state index contributed by atoms with van der Waals surface area (Å²) < 4.78 is 1.20. The van der Waals surface area contributed by atoms with Gasteiger partial charge in [-0.3, -0.25) is 9.59 Å². The molecule has 25 heavy (non-hydrogen) atoms. The molecule has 0 aliphatic carbocycles. The summed E-state index contributed by atoms with van der Waals surface area (Å²) in [6, 6.07) is 8.10. The zero-order valence-electron chi connectivity index (χ0n) is 15.6. The van der Waals surface area contributed by atoms with Gasteiger partial charge in [0.2, 0.25) is 0 Å². The number of aryl methyl sites for hydroxylation is 2. The van der Waals surface area contributed by atoms with Gasteiger partial charge < -0.3 is 10.2 Å². The van der Waals surface area contributed by atoms with Crippen LogP contribution in [0.2, 0.25) is 0 Å². The maximum absolute atomic E-state index is 12.5. The number of anilines is 1. The second-order valence-electron chi connectivity index (χ2n) is 6.04. The normalized spacial score (nSPS) is 10.6. The van der Waals surface area contributed by atoms with Crippen LogP contribution in [0.15, 0.2) is 29.1 Å². The molecular weight excluding hydrogens is 316 g/mol. The molecule has 6 heteroatoms. The molecule has 0 bridgehead atoms. The van der Waals surface area contributed by atoms with Gasteiger partial charge in [0, 0.05) is 32.4 Å². The standard InChI is InChI=1S/C19H26N4O2/c1-6-23(7-2)16-10-8-15(9-11-16)12-20-18(24)17-13(3)14(4)21-22(5)19(17)25/h8-11H,6-7,12H2,1-5H3,(H,20,24). The average molecular weight is 342 g/mol. The molecule has 0 aliphatic heterocycles. The molecule has 0 fully saturated rings. The van der Waals surface area contributed by atoms with Crippen LogP contribution in [0.3, 0.4) is 0 Å². The summed E-state index contributed by atoms with van der Waals surface area (Å²) in [5, 5.41) is 6.93. The smallest absolute Gasteiger partial charge is 0.279 e. The van der Waals surface area contributed by atoms with Crippen LogP contribution in [-0.4, -0.2) is 28.8 Å². The van der Waals surface area contributed by atoms with Gasteiger partial charge in [0.05, 0.1) is 5.69 Å². The summed E-state index contributed by atoms with van der Waals surface area (Å²) >= 11 is 0. The summed E-state index contributed by atoms with van der Waals surface area (Å²) in [6.07, 6.45) is 0. The van der Waals surface area contributed by atoms with Crippen LogP contribution in [-0.2, 0) is 13.6 Å². The molecule has 1 aromatic carbocycles. The van der Waals surface area contributed by atoms with Crippen molar-refractivity contribution in [3.05, 3.63) is 57.0 Å². The number of carbonyl (C=O) groups is 1. The molecule has 1 heterocycles. The van der Waals surface area contributed by atoms with Crippen molar-refractivity contribution in [3.8, 4) is 0 Å². The first-order valence-corrected chi connectivity index (χ1v) is 8.55. The van der Waals surface area contributed by atoms with Gasteiger partial charge >= 0.3 is 0 Å². The third kappa shape index (κ3) is 4.07. The van der Waals surface area contributed by atoms with Crippen molar-refractivity contribution < 1.29 is 4.79 Å². The minimum absolute atomic E-state index is 0.162. The third-order valence-corrected chi connectivity index (χ3v) is 4.47. The highest BCUT2D eigenvalue weighted by atomic mass is 16.2. The lowest BCUT2D eigenvalue weighted by atomic mass is 10.1. The molecule has 0 unspecified atom stereocenters. The Labute approximate surface area is 148 Å². The highest BCUT2D eigenvalue weighted by Gasteiger charge is 2.17. The van der Waals surface area contributed by atoms with E-state index in [-0.39, 0.29) is 17.0 Å². The van der Waals surface area contributed by atoms with E-state index in [1.807, 2.05) is 12.1 Å². The van der Waals surface area contributed by atoms with Gasteiger partial charge in [-0.1, -0.05) is 12.1 Å². The quantitative estimate of drug-likeness (QED) is 0.874. The Kier molecular flexibility index (Phi) is 5.96. The van der Waals surface area contributed by atoms with E-state index in [1.165, 1.54) is 4.68 Å². The second kappa shape index (κ2) is 7.96. The SMILES string of the molecule is CCN(CC)c1ccc(CNC(=O)c2c(C)c(C)nn(C)c2=O)cc1. The van der Waals surface area contributed by atoms with Gasteiger partial charge in [0.25, 0.3) is 11.5 Å². The van der Waals surface area contributed by atoms with E-state index in [0.29, 0.717) is 17.8 Å². The van der Waals surface area contributed by atoms with E-state index < -0.39 is 0 Å². The molecule has 0 saturated carbocycles. The Balaban J connectivity index is 2.12. The number of benzene rings is 1. The number of aromatic nitrogens is 2. The molecule has 0 atom stereocenters. The Morgan fingerprint density at radius 2 is 1.76 bits per heavy atom. The van der Waals surface area contributed by atoms with E-state index in [1.54, 1.807) is 20.9 Å². The van der Waals surface area contributed by atoms with Crippen LogP contribution < -0.4 is 15.8 Å².